The van der Waals surface area contributed by atoms with Crippen LogP contribution in [0.4, 0.5) is 8.78 Å². The van der Waals surface area contributed by atoms with Gasteiger partial charge in [-0.15, -0.1) is 0 Å². The molecule has 4 nitrogen and oxygen atoms in total. The Balaban J connectivity index is 2.34. The van der Waals surface area contributed by atoms with E-state index in [0.717, 1.165) is 16.4 Å². The first-order valence-electron chi connectivity index (χ1n) is 4.96. The van der Waals surface area contributed by atoms with Gasteiger partial charge in [0.1, 0.15) is 16.5 Å². The molecular formula is C10H12F2N2O2S. The zero-order valence-electron chi connectivity index (χ0n) is 9.15. The number of nitrogens with two attached hydrogens (primary N) is 1. The molecule has 0 bridgehead atoms. The molecule has 1 aliphatic rings. The second-order valence-electron chi connectivity index (χ2n) is 4.50. The lowest BCUT2D eigenvalue weighted by Gasteiger charge is -2.44. The predicted octanol–water partition coefficient (Wildman–Crippen LogP) is 0.686. The molecule has 1 aromatic carbocycles. The van der Waals surface area contributed by atoms with E-state index >= 15 is 0 Å². The summed E-state index contributed by atoms with van der Waals surface area (Å²) in [6.45, 7) is 1.97. The first-order valence-corrected chi connectivity index (χ1v) is 6.40. The standard InChI is InChI=1S/C10H12F2N2O2S/c1-10(13)5-14(6-10)17(15,16)9-3-2-7(11)4-8(9)12/h2-4H,5-6,13H2,1H3. The molecular weight excluding hydrogens is 250 g/mol. The smallest absolute Gasteiger partial charge is 0.246 e. The third kappa shape index (κ3) is 2.18. The van der Waals surface area contributed by atoms with E-state index in [1.807, 2.05) is 0 Å². The van der Waals surface area contributed by atoms with Crippen LogP contribution in [-0.4, -0.2) is 31.4 Å². The van der Waals surface area contributed by atoms with E-state index in [-0.39, 0.29) is 13.1 Å². The van der Waals surface area contributed by atoms with Gasteiger partial charge >= 0.3 is 0 Å². The molecule has 94 valence electrons. The van der Waals surface area contributed by atoms with Gasteiger partial charge in [-0.05, 0) is 19.1 Å². The zero-order chi connectivity index (χ0) is 12.8. The third-order valence-electron chi connectivity index (χ3n) is 2.59. The maximum absolute atomic E-state index is 13.4. The van der Waals surface area contributed by atoms with Crippen molar-refractivity contribution in [2.24, 2.45) is 5.73 Å². The molecule has 2 rings (SSSR count). The van der Waals surface area contributed by atoms with E-state index in [0.29, 0.717) is 6.07 Å². The number of hydrogen-bond donors (Lipinski definition) is 1. The Kier molecular flexibility index (Phi) is 2.72. The average Bonchev–Trinajstić information content (AvgIpc) is 2.13. The molecule has 0 radical (unpaired) electrons. The van der Waals surface area contributed by atoms with Crippen molar-refractivity contribution in [1.29, 1.82) is 0 Å². The second-order valence-corrected chi connectivity index (χ2v) is 6.41. The van der Waals surface area contributed by atoms with Crippen LogP contribution in [0.3, 0.4) is 0 Å². The lowest BCUT2D eigenvalue weighted by Crippen LogP contribution is -2.66. The SMILES string of the molecule is CC1(N)CN(S(=O)(=O)c2ccc(F)cc2F)C1. The van der Waals surface area contributed by atoms with E-state index in [4.69, 9.17) is 5.73 Å². The molecule has 1 fully saturated rings. The van der Waals surface area contributed by atoms with E-state index in [9.17, 15) is 17.2 Å². The Morgan fingerprint density at radius 1 is 1.35 bits per heavy atom. The Labute approximate surface area is 98.1 Å². The number of nitrogens with zero attached hydrogens (tertiary/aromatic N) is 1. The molecule has 0 unspecified atom stereocenters. The molecule has 0 atom stereocenters. The summed E-state index contributed by atoms with van der Waals surface area (Å²) in [5.74, 6) is -1.90. The molecule has 17 heavy (non-hydrogen) atoms. The lowest BCUT2D eigenvalue weighted by molar-refractivity contribution is 0.176. The van der Waals surface area contributed by atoms with Crippen molar-refractivity contribution >= 4 is 10.0 Å². The summed E-state index contributed by atoms with van der Waals surface area (Å²) >= 11 is 0. The molecule has 1 saturated heterocycles. The van der Waals surface area contributed by atoms with Crippen molar-refractivity contribution in [3.63, 3.8) is 0 Å². The van der Waals surface area contributed by atoms with Crippen LogP contribution in [0.2, 0.25) is 0 Å². The summed E-state index contributed by atoms with van der Waals surface area (Å²) in [5, 5.41) is 0. The molecule has 1 heterocycles. The summed E-state index contributed by atoms with van der Waals surface area (Å²) in [6.07, 6.45) is 0. The molecule has 0 spiro atoms. The largest absolute Gasteiger partial charge is 0.323 e. The number of rotatable bonds is 2. The van der Waals surface area contributed by atoms with Gasteiger partial charge < -0.3 is 5.73 Å². The van der Waals surface area contributed by atoms with Gasteiger partial charge in [-0.25, -0.2) is 17.2 Å². The number of sulfonamides is 1. The van der Waals surface area contributed by atoms with Gasteiger partial charge in [0, 0.05) is 24.7 Å². The zero-order valence-corrected chi connectivity index (χ0v) is 9.97. The maximum atomic E-state index is 13.4. The van der Waals surface area contributed by atoms with Gasteiger partial charge in [0.05, 0.1) is 0 Å². The number of hydrogen-bond acceptors (Lipinski definition) is 3. The maximum Gasteiger partial charge on any atom is 0.246 e. The summed E-state index contributed by atoms with van der Waals surface area (Å²) in [4.78, 5) is -0.519. The predicted molar refractivity (Wildman–Crippen MR) is 57.7 cm³/mol. The van der Waals surface area contributed by atoms with Gasteiger partial charge in [-0.1, -0.05) is 0 Å². The first kappa shape index (κ1) is 12.4. The van der Waals surface area contributed by atoms with Gasteiger partial charge in [-0.3, -0.25) is 0 Å². The Morgan fingerprint density at radius 2 is 1.94 bits per heavy atom. The van der Waals surface area contributed by atoms with Crippen LogP contribution >= 0.6 is 0 Å². The summed E-state index contributed by atoms with van der Waals surface area (Å²) < 4.78 is 51.0. The highest BCUT2D eigenvalue weighted by molar-refractivity contribution is 7.89. The highest BCUT2D eigenvalue weighted by Crippen LogP contribution is 2.27. The summed E-state index contributed by atoms with van der Waals surface area (Å²) in [6, 6.07) is 2.39. The second kappa shape index (κ2) is 3.72. The lowest BCUT2D eigenvalue weighted by atomic mass is 9.97. The normalized spacial score (nSPS) is 20.0. The van der Waals surface area contributed by atoms with Crippen molar-refractivity contribution in [2.45, 2.75) is 17.4 Å². The van der Waals surface area contributed by atoms with Gasteiger partial charge in [0.2, 0.25) is 10.0 Å². The molecule has 0 saturated carbocycles. The fraction of sp³-hybridized carbons (Fsp3) is 0.400. The van der Waals surface area contributed by atoms with Crippen LogP contribution < -0.4 is 5.73 Å². The minimum atomic E-state index is -3.91. The van der Waals surface area contributed by atoms with E-state index in [1.165, 1.54) is 0 Å². The van der Waals surface area contributed by atoms with E-state index in [1.54, 1.807) is 6.92 Å². The highest BCUT2D eigenvalue weighted by atomic mass is 32.2. The average molecular weight is 262 g/mol. The van der Waals surface area contributed by atoms with E-state index < -0.39 is 32.1 Å². The minimum absolute atomic E-state index is 0.131. The topological polar surface area (TPSA) is 63.4 Å². The molecule has 7 heteroatoms. The first-order chi connectivity index (χ1) is 7.72. The third-order valence-corrected chi connectivity index (χ3v) is 4.41. The highest BCUT2D eigenvalue weighted by Gasteiger charge is 2.43. The molecule has 1 aliphatic heterocycles. The van der Waals surface area contributed by atoms with Crippen LogP contribution in [0.25, 0.3) is 0 Å². The van der Waals surface area contributed by atoms with Crippen molar-refractivity contribution in [3.05, 3.63) is 29.8 Å². The summed E-state index contributed by atoms with van der Waals surface area (Å²) in [5.41, 5.74) is 5.11. The van der Waals surface area contributed by atoms with Crippen LogP contribution in [0.15, 0.2) is 23.1 Å². The van der Waals surface area contributed by atoms with Crippen LogP contribution in [0.1, 0.15) is 6.92 Å². The van der Waals surface area contributed by atoms with Gasteiger partial charge in [0.15, 0.2) is 0 Å². The number of halogens is 2. The molecule has 0 aromatic heterocycles. The fourth-order valence-corrected chi connectivity index (χ4v) is 3.51. The van der Waals surface area contributed by atoms with Gasteiger partial charge in [-0.2, -0.15) is 4.31 Å². The Hall–Kier alpha value is -1.05. The van der Waals surface area contributed by atoms with Crippen molar-refractivity contribution in [2.75, 3.05) is 13.1 Å². The van der Waals surface area contributed by atoms with Crippen LogP contribution in [0, 0.1) is 11.6 Å². The molecule has 2 N–H and O–H groups in total. The Morgan fingerprint density at radius 3 is 2.41 bits per heavy atom. The monoisotopic (exact) mass is 262 g/mol. The van der Waals surface area contributed by atoms with E-state index in [2.05, 4.69) is 0 Å². The molecule has 1 aromatic rings. The van der Waals surface area contributed by atoms with Crippen molar-refractivity contribution < 1.29 is 17.2 Å². The number of benzene rings is 1. The van der Waals surface area contributed by atoms with Crippen LogP contribution in [0.5, 0.6) is 0 Å². The Bertz CT molecular complexity index is 549. The fourth-order valence-electron chi connectivity index (χ4n) is 1.75. The summed E-state index contributed by atoms with van der Waals surface area (Å²) in [7, 11) is -3.91. The van der Waals surface area contributed by atoms with Crippen molar-refractivity contribution in [3.8, 4) is 0 Å². The minimum Gasteiger partial charge on any atom is -0.323 e. The van der Waals surface area contributed by atoms with Crippen molar-refractivity contribution in [1.82, 2.24) is 4.31 Å². The van der Waals surface area contributed by atoms with Gasteiger partial charge in [0.25, 0.3) is 0 Å². The van der Waals surface area contributed by atoms with Crippen LogP contribution in [-0.2, 0) is 10.0 Å². The molecule has 0 aliphatic carbocycles. The molecule has 0 amide bonds. The quantitative estimate of drug-likeness (QED) is 0.852.